The zero-order valence-corrected chi connectivity index (χ0v) is 10.2. The molecule has 2 aromatic rings. The summed E-state index contributed by atoms with van der Waals surface area (Å²) < 4.78 is 0. The van der Waals surface area contributed by atoms with Gasteiger partial charge in [-0.05, 0) is 11.6 Å². The largest absolute Gasteiger partial charge is 0.355 e. The lowest BCUT2D eigenvalue weighted by atomic mass is 10.0. The lowest BCUT2D eigenvalue weighted by molar-refractivity contribution is 0.0963. The predicted molar refractivity (Wildman–Crippen MR) is 70.3 cm³/mol. The highest BCUT2D eigenvalue weighted by atomic mass is 35.5. The van der Waals surface area contributed by atoms with E-state index in [-0.39, 0.29) is 5.91 Å². The monoisotopic (exact) mass is 245 g/mol. The van der Waals surface area contributed by atoms with Crippen molar-refractivity contribution >= 4 is 17.5 Å². The maximum absolute atomic E-state index is 11.6. The standard InChI is InChI=1S/C14H12ClNO/c1-16-14(17)12-9-5-8-11(13(12)15)10-6-3-2-4-7-10/h2-9H,1H3,(H,16,17). The highest BCUT2D eigenvalue weighted by molar-refractivity contribution is 6.36. The average molecular weight is 246 g/mol. The van der Waals surface area contributed by atoms with E-state index in [0.717, 1.165) is 11.1 Å². The normalized spacial score (nSPS) is 10.0. The summed E-state index contributed by atoms with van der Waals surface area (Å²) in [4.78, 5) is 11.6. The second-order valence-electron chi connectivity index (χ2n) is 3.61. The first-order valence-corrected chi connectivity index (χ1v) is 5.68. The fraction of sp³-hybridized carbons (Fsp3) is 0.0714. The second-order valence-corrected chi connectivity index (χ2v) is 3.99. The predicted octanol–water partition coefficient (Wildman–Crippen LogP) is 3.37. The zero-order chi connectivity index (χ0) is 12.3. The molecular weight excluding hydrogens is 234 g/mol. The number of carbonyl (C=O) groups is 1. The van der Waals surface area contributed by atoms with Crippen LogP contribution in [0.25, 0.3) is 11.1 Å². The molecule has 0 bridgehead atoms. The Morgan fingerprint density at radius 1 is 1.06 bits per heavy atom. The number of rotatable bonds is 2. The molecule has 1 amide bonds. The number of nitrogens with one attached hydrogen (secondary N) is 1. The molecule has 0 saturated carbocycles. The van der Waals surface area contributed by atoms with Crippen molar-refractivity contribution < 1.29 is 4.79 Å². The summed E-state index contributed by atoms with van der Waals surface area (Å²) in [5, 5.41) is 3.06. The van der Waals surface area contributed by atoms with Crippen LogP contribution >= 0.6 is 11.6 Å². The van der Waals surface area contributed by atoms with Crippen LogP contribution in [0.1, 0.15) is 10.4 Å². The first-order valence-electron chi connectivity index (χ1n) is 5.30. The minimum atomic E-state index is -0.173. The first-order chi connectivity index (χ1) is 8.24. The molecule has 0 heterocycles. The summed E-state index contributed by atoms with van der Waals surface area (Å²) in [7, 11) is 1.59. The molecule has 2 aromatic carbocycles. The molecule has 0 aliphatic heterocycles. The number of hydrogen-bond acceptors (Lipinski definition) is 1. The molecule has 0 unspecified atom stereocenters. The molecule has 0 spiro atoms. The smallest absolute Gasteiger partial charge is 0.252 e. The number of carbonyl (C=O) groups excluding carboxylic acids is 1. The van der Waals surface area contributed by atoms with E-state index >= 15 is 0 Å². The molecule has 2 nitrogen and oxygen atoms in total. The molecule has 0 aliphatic carbocycles. The second kappa shape index (κ2) is 5.02. The highest BCUT2D eigenvalue weighted by Gasteiger charge is 2.12. The Morgan fingerprint density at radius 2 is 1.76 bits per heavy atom. The van der Waals surface area contributed by atoms with E-state index in [1.807, 2.05) is 42.5 Å². The lowest BCUT2D eigenvalue weighted by Gasteiger charge is -2.08. The Bertz CT molecular complexity index is 537. The van der Waals surface area contributed by atoms with Crippen LogP contribution in [-0.2, 0) is 0 Å². The minimum absolute atomic E-state index is 0.173. The van der Waals surface area contributed by atoms with E-state index in [9.17, 15) is 4.79 Å². The van der Waals surface area contributed by atoms with Gasteiger partial charge in [0.25, 0.3) is 5.91 Å². The van der Waals surface area contributed by atoms with Crippen LogP contribution in [0.5, 0.6) is 0 Å². The lowest BCUT2D eigenvalue weighted by Crippen LogP contribution is -2.18. The molecule has 0 radical (unpaired) electrons. The Kier molecular flexibility index (Phi) is 3.45. The Morgan fingerprint density at radius 3 is 2.41 bits per heavy atom. The maximum Gasteiger partial charge on any atom is 0.252 e. The van der Waals surface area contributed by atoms with Crippen molar-refractivity contribution in [2.24, 2.45) is 0 Å². The highest BCUT2D eigenvalue weighted by Crippen LogP contribution is 2.30. The van der Waals surface area contributed by atoms with Gasteiger partial charge in [-0.1, -0.05) is 54.1 Å². The van der Waals surface area contributed by atoms with E-state index in [1.54, 1.807) is 13.1 Å². The van der Waals surface area contributed by atoms with E-state index in [4.69, 9.17) is 11.6 Å². The quantitative estimate of drug-likeness (QED) is 0.864. The molecule has 1 N–H and O–H groups in total. The minimum Gasteiger partial charge on any atom is -0.355 e. The van der Waals surface area contributed by atoms with Gasteiger partial charge in [-0.3, -0.25) is 4.79 Å². The van der Waals surface area contributed by atoms with E-state index in [0.29, 0.717) is 10.6 Å². The van der Waals surface area contributed by atoms with Crippen LogP contribution in [0, 0.1) is 0 Å². The van der Waals surface area contributed by atoms with Crippen molar-refractivity contribution in [2.75, 3.05) is 7.05 Å². The Hall–Kier alpha value is -1.80. The van der Waals surface area contributed by atoms with Crippen LogP contribution < -0.4 is 5.32 Å². The van der Waals surface area contributed by atoms with Crippen LogP contribution in [0.3, 0.4) is 0 Å². The van der Waals surface area contributed by atoms with Crippen molar-refractivity contribution in [3.8, 4) is 11.1 Å². The molecule has 2 rings (SSSR count). The van der Waals surface area contributed by atoms with Gasteiger partial charge < -0.3 is 5.32 Å². The summed E-state index contributed by atoms with van der Waals surface area (Å²) in [5.41, 5.74) is 2.37. The van der Waals surface area contributed by atoms with Gasteiger partial charge >= 0.3 is 0 Å². The molecule has 86 valence electrons. The third kappa shape index (κ3) is 2.32. The van der Waals surface area contributed by atoms with Crippen molar-refractivity contribution in [2.45, 2.75) is 0 Å². The van der Waals surface area contributed by atoms with Gasteiger partial charge in [0.2, 0.25) is 0 Å². The summed E-state index contributed by atoms with van der Waals surface area (Å²) in [5.74, 6) is -0.173. The van der Waals surface area contributed by atoms with Crippen LogP contribution in [0.15, 0.2) is 48.5 Å². The van der Waals surface area contributed by atoms with Gasteiger partial charge in [0, 0.05) is 12.6 Å². The molecule has 3 heteroatoms. The van der Waals surface area contributed by atoms with Crippen molar-refractivity contribution in [1.82, 2.24) is 5.32 Å². The van der Waals surface area contributed by atoms with Crippen molar-refractivity contribution in [3.63, 3.8) is 0 Å². The number of amides is 1. The SMILES string of the molecule is CNC(=O)c1cccc(-c2ccccc2)c1Cl. The summed E-state index contributed by atoms with van der Waals surface area (Å²) in [6, 6.07) is 15.2. The molecule has 0 fully saturated rings. The molecule has 0 aliphatic rings. The van der Waals surface area contributed by atoms with E-state index < -0.39 is 0 Å². The molecule has 0 saturated heterocycles. The molecule has 0 aromatic heterocycles. The van der Waals surface area contributed by atoms with Gasteiger partial charge in [0.05, 0.1) is 10.6 Å². The fourth-order valence-corrected chi connectivity index (χ4v) is 2.00. The van der Waals surface area contributed by atoms with Gasteiger partial charge in [-0.15, -0.1) is 0 Å². The third-order valence-corrected chi connectivity index (χ3v) is 2.96. The Labute approximate surface area is 105 Å². The van der Waals surface area contributed by atoms with Gasteiger partial charge in [-0.25, -0.2) is 0 Å². The van der Waals surface area contributed by atoms with E-state index in [2.05, 4.69) is 5.32 Å². The molecule has 17 heavy (non-hydrogen) atoms. The number of benzene rings is 2. The van der Waals surface area contributed by atoms with Crippen LogP contribution in [0.4, 0.5) is 0 Å². The zero-order valence-electron chi connectivity index (χ0n) is 9.41. The van der Waals surface area contributed by atoms with Crippen molar-refractivity contribution in [1.29, 1.82) is 0 Å². The van der Waals surface area contributed by atoms with Gasteiger partial charge in [0.1, 0.15) is 0 Å². The van der Waals surface area contributed by atoms with Crippen LogP contribution in [0.2, 0.25) is 5.02 Å². The van der Waals surface area contributed by atoms with Crippen molar-refractivity contribution in [3.05, 3.63) is 59.1 Å². The summed E-state index contributed by atoms with van der Waals surface area (Å²) >= 11 is 6.26. The summed E-state index contributed by atoms with van der Waals surface area (Å²) in [6.07, 6.45) is 0. The van der Waals surface area contributed by atoms with Gasteiger partial charge in [-0.2, -0.15) is 0 Å². The molecular formula is C14H12ClNO. The number of halogens is 1. The number of hydrogen-bond donors (Lipinski definition) is 1. The summed E-state index contributed by atoms with van der Waals surface area (Å²) in [6.45, 7) is 0. The van der Waals surface area contributed by atoms with E-state index in [1.165, 1.54) is 0 Å². The maximum atomic E-state index is 11.6. The topological polar surface area (TPSA) is 29.1 Å². The van der Waals surface area contributed by atoms with Crippen LogP contribution in [-0.4, -0.2) is 13.0 Å². The van der Waals surface area contributed by atoms with Gasteiger partial charge in [0.15, 0.2) is 0 Å². The Balaban J connectivity index is 2.54. The first kappa shape index (κ1) is 11.7. The molecule has 0 atom stereocenters. The third-order valence-electron chi connectivity index (χ3n) is 2.56. The fourth-order valence-electron chi connectivity index (χ4n) is 1.68. The average Bonchev–Trinajstić information content (AvgIpc) is 2.39.